The Bertz CT molecular complexity index is 249. The van der Waals surface area contributed by atoms with Crippen LogP contribution in [0.4, 0.5) is 0 Å². The molecule has 0 spiro atoms. The largest absolute Gasteiger partial charge is 0.223 e. The standard InChI is InChI=1S/C11H12N2S2/c1-2-4-6-8-10-12-13-15-14-11-9-7-5-3-1/h1-11,13H. The molecule has 0 saturated heterocycles. The molecule has 1 rings (SSSR count). The average Bonchev–Trinajstić information content (AvgIpc) is 2.27. The maximum atomic E-state index is 3.96. The summed E-state index contributed by atoms with van der Waals surface area (Å²) in [6.45, 7) is 0. The van der Waals surface area contributed by atoms with E-state index in [2.05, 4.69) is 9.59 Å². The van der Waals surface area contributed by atoms with Gasteiger partial charge in [-0.1, -0.05) is 58.9 Å². The minimum Gasteiger partial charge on any atom is -0.223 e. The summed E-state index contributed by atoms with van der Waals surface area (Å²) in [5.41, 5.74) is 0. The van der Waals surface area contributed by atoms with Gasteiger partial charge in [0.2, 0.25) is 0 Å². The molecule has 0 aliphatic heterocycles. The number of nitrogens with zero attached hydrogens (tertiary/aromatic N) is 1. The van der Waals surface area contributed by atoms with Crippen LogP contribution in [0.5, 0.6) is 0 Å². The van der Waals surface area contributed by atoms with Crippen LogP contribution in [0.25, 0.3) is 0 Å². The van der Waals surface area contributed by atoms with Crippen LogP contribution in [0.1, 0.15) is 0 Å². The molecule has 1 N–H and O–H groups in total. The predicted octanol–water partition coefficient (Wildman–Crippen LogP) is 3.91. The zero-order chi connectivity index (χ0) is 10.6. The molecule has 0 radical (unpaired) electrons. The number of aromatic amines is 1. The second kappa shape index (κ2) is 9.18. The normalized spacial score (nSPS) is 8.00. The Kier molecular flexibility index (Phi) is 7.15. The van der Waals surface area contributed by atoms with Gasteiger partial charge in [0.15, 0.2) is 0 Å². The molecule has 1 aromatic heterocycles. The maximum absolute atomic E-state index is 3.96. The molecular formula is C11H12N2S2. The first-order chi connectivity index (χ1) is 7.50. The van der Waals surface area contributed by atoms with Gasteiger partial charge in [-0.25, -0.2) is 4.49 Å². The second-order valence-electron chi connectivity index (χ2n) is 2.42. The lowest BCUT2D eigenvalue weighted by atomic mass is 10.4. The van der Waals surface area contributed by atoms with Gasteiger partial charge in [-0.3, -0.25) is 0 Å². The number of hydrogen-bond donors (Lipinski definition) is 1. The molecule has 0 bridgehead atoms. The lowest BCUT2D eigenvalue weighted by Gasteiger charge is -1.67. The van der Waals surface area contributed by atoms with Crippen molar-refractivity contribution in [1.29, 1.82) is 0 Å². The molecule has 0 aliphatic carbocycles. The van der Waals surface area contributed by atoms with Crippen LogP contribution in [-0.2, 0) is 0 Å². The van der Waals surface area contributed by atoms with Gasteiger partial charge in [-0.05, 0) is 6.07 Å². The van der Waals surface area contributed by atoms with E-state index < -0.39 is 0 Å². The zero-order valence-electron chi connectivity index (χ0n) is 8.11. The van der Waals surface area contributed by atoms with Crippen molar-refractivity contribution in [2.45, 2.75) is 0 Å². The highest BCUT2D eigenvalue weighted by Gasteiger charge is 1.59. The summed E-state index contributed by atoms with van der Waals surface area (Å²) in [5.74, 6) is 0. The lowest BCUT2D eigenvalue weighted by molar-refractivity contribution is 1.14. The first kappa shape index (κ1) is 11.7. The fourth-order valence-electron chi connectivity index (χ4n) is 0.720. The van der Waals surface area contributed by atoms with E-state index in [0.717, 1.165) is 0 Å². The van der Waals surface area contributed by atoms with Crippen LogP contribution < -0.4 is 0 Å². The third-order valence-corrected chi connectivity index (χ3v) is 2.71. The fourth-order valence-corrected chi connectivity index (χ4v) is 1.70. The van der Waals surface area contributed by atoms with Gasteiger partial charge in [-0.15, -0.1) is 0 Å². The summed E-state index contributed by atoms with van der Waals surface area (Å²) in [7, 11) is 3.04. The van der Waals surface area contributed by atoms with Gasteiger partial charge < -0.3 is 0 Å². The number of H-pyrrole nitrogens is 1. The third-order valence-electron chi connectivity index (χ3n) is 1.32. The van der Waals surface area contributed by atoms with Crippen LogP contribution in [-0.4, -0.2) is 9.59 Å². The number of rotatable bonds is 0. The molecule has 15 heavy (non-hydrogen) atoms. The minimum absolute atomic E-state index is 1.46. The Labute approximate surface area is 96.8 Å². The fraction of sp³-hybridized carbons (Fsp3) is 0. The summed E-state index contributed by atoms with van der Waals surface area (Å²) in [6, 6.07) is 17.6. The van der Waals surface area contributed by atoms with E-state index in [1.54, 1.807) is 16.5 Å². The topological polar surface area (TPSA) is 28.7 Å². The second-order valence-corrected chi connectivity index (χ2v) is 4.31. The van der Waals surface area contributed by atoms with Gasteiger partial charge in [-0.2, -0.15) is 5.10 Å². The summed E-state index contributed by atoms with van der Waals surface area (Å²) in [6.07, 6.45) is 1.71. The Morgan fingerprint density at radius 1 is 0.733 bits per heavy atom. The SMILES string of the molecule is c1cccccn[nH]ssccccc1. The first-order valence-corrected chi connectivity index (χ1v) is 6.63. The van der Waals surface area contributed by atoms with Gasteiger partial charge in [0.1, 0.15) is 0 Å². The van der Waals surface area contributed by atoms with E-state index in [-0.39, 0.29) is 0 Å². The van der Waals surface area contributed by atoms with Gasteiger partial charge in [0.25, 0.3) is 0 Å². The van der Waals surface area contributed by atoms with Crippen molar-refractivity contribution in [2.75, 3.05) is 0 Å². The summed E-state index contributed by atoms with van der Waals surface area (Å²) in [5, 5.41) is 5.95. The van der Waals surface area contributed by atoms with E-state index in [1.165, 1.54) is 10.5 Å². The molecule has 0 aliphatic rings. The summed E-state index contributed by atoms with van der Waals surface area (Å²) >= 11 is 0. The molecule has 4 heteroatoms. The van der Waals surface area contributed by atoms with E-state index in [1.807, 2.05) is 60.0 Å². The Hall–Kier alpha value is -1.39. The molecule has 1 heterocycles. The van der Waals surface area contributed by atoms with Crippen molar-refractivity contribution >= 4 is 20.9 Å². The molecule has 0 amide bonds. The van der Waals surface area contributed by atoms with Gasteiger partial charge >= 0.3 is 0 Å². The van der Waals surface area contributed by atoms with Crippen molar-refractivity contribution in [3.63, 3.8) is 0 Å². The highest BCUT2D eigenvalue weighted by atomic mass is 32.9. The highest BCUT2D eigenvalue weighted by molar-refractivity contribution is 7.65. The molecule has 2 nitrogen and oxygen atoms in total. The van der Waals surface area contributed by atoms with Crippen LogP contribution in [0.3, 0.4) is 0 Å². The Balaban J connectivity index is 3.01. The summed E-state index contributed by atoms with van der Waals surface area (Å²) in [4.78, 5) is 0. The minimum atomic E-state index is 1.46. The van der Waals surface area contributed by atoms with Crippen molar-refractivity contribution < 1.29 is 0 Å². The highest BCUT2D eigenvalue weighted by Crippen LogP contribution is 1.92. The molecule has 1 aromatic rings. The van der Waals surface area contributed by atoms with E-state index >= 15 is 0 Å². The molecule has 0 saturated carbocycles. The molecule has 0 fully saturated rings. The Morgan fingerprint density at radius 3 is 2.07 bits per heavy atom. The average molecular weight is 236 g/mol. The molecule has 0 atom stereocenters. The maximum Gasteiger partial charge on any atom is 0.0481 e. The van der Waals surface area contributed by atoms with Gasteiger partial charge in [0.05, 0.1) is 0 Å². The number of nitrogens with one attached hydrogen (secondary N) is 1. The van der Waals surface area contributed by atoms with Gasteiger partial charge in [0, 0.05) is 22.1 Å². The molecule has 0 aromatic carbocycles. The number of aromatic nitrogens is 2. The van der Waals surface area contributed by atoms with E-state index in [9.17, 15) is 0 Å². The smallest absolute Gasteiger partial charge is 0.0481 e. The van der Waals surface area contributed by atoms with Crippen LogP contribution in [0.2, 0.25) is 0 Å². The molecule has 78 valence electrons. The number of hydrogen-bond acceptors (Lipinski definition) is 3. The zero-order valence-corrected chi connectivity index (χ0v) is 9.75. The molecule has 0 unspecified atom stereocenters. The quantitative estimate of drug-likeness (QED) is 0.680. The van der Waals surface area contributed by atoms with Crippen molar-refractivity contribution in [2.24, 2.45) is 0 Å². The van der Waals surface area contributed by atoms with Crippen LogP contribution in [0, 0.1) is 0 Å². The first-order valence-electron chi connectivity index (χ1n) is 4.42. The van der Waals surface area contributed by atoms with Crippen molar-refractivity contribution in [1.82, 2.24) is 9.59 Å². The van der Waals surface area contributed by atoms with Crippen molar-refractivity contribution in [3.05, 3.63) is 66.2 Å². The molecular weight excluding hydrogens is 224 g/mol. The lowest BCUT2D eigenvalue weighted by Crippen LogP contribution is -1.60. The third kappa shape index (κ3) is 7.66. The van der Waals surface area contributed by atoms with Crippen LogP contribution in [0.15, 0.2) is 66.2 Å². The predicted molar refractivity (Wildman–Crippen MR) is 67.2 cm³/mol. The van der Waals surface area contributed by atoms with Crippen molar-refractivity contribution in [3.8, 4) is 0 Å². The van der Waals surface area contributed by atoms with Crippen LogP contribution >= 0.6 is 20.9 Å². The van der Waals surface area contributed by atoms with E-state index in [4.69, 9.17) is 0 Å². The van der Waals surface area contributed by atoms with E-state index in [0.29, 0.717) is 0 Å². The Morgan fingerprint density at radius 2 is 1.33 bits per heavy atom. The summed E-state index contributed by atoms with van der Waals surface area (Å²) < 4.78 is 2.84. The monoisotopic (exact) mass is 236 g/mol.